The average Bonchev–Trinajstić information content (AvgIpc) is 2.57. The molecule has 0 saturated carbocycles. The van der Waals surface area contributed by atoms with Gasteiger partial charge in [-0.2, -0.15) is 0 Å². The highest BCUT2D eigenvalue weighted by Crippen LogP contribution is 2.38. The molecule has 4 rings (SSSR count). The van der Waals surface area contributed by atoms with Crippen molar-refractivity contribution >= 4 is 16.7 Å². The number of hydrogen-bond acceptors (Lipinski definition) is 2. The number of hydrogen-bond donors (Lipinski definition) is 1. The van der Waals surface area contributed by atoms with E-state index in [4.69, 9.17) is 0 Å². The van der Waals surface area contributed by atoms with Crippen molar-refractivity contribution in [2.24, 2.45) is 0 Å². The van der Waals surface area contributed by atoms with Crippen molar-refractivity contribution < 1.29 is 4.79 Å². The summed E-state index contributed by atoms with van der Waals surface area (Å²) in [4.78, 5) is 12.2. The molecular formula is C16H18N2O. The minimum absolute atomic E-state index is 0.298. The summed E-state index contributed by atoms with van der Waals surface area (Å²) in [6, 6.07) is 6.51. The van der Waals surface area contributed by atoms with E-state index in [1.165, 1.54) is 22.2 Å². The quantitative estimate of drug-likeness (QED) is 0.783. The van der Waals surface area contributed by atoms with Gasteiger partial charge in [-0.3, -0.25) is 4.79 Å². The highest BCUT2D eigenvalue weighted by molar-refractivity contribution is 6.09. The number of ketones is 1. The molecule has 1 aromatic carbocycles. The van der Waals surface area contributed by atoms with Gasteiger partial charge < -0.3 is 9.88 Å². The van der Waals surface area contributed by atoms with E-state index in [1.807, 2.05) is 12.1 Å². The second-order valence-corrected chi connectivity index (χ2v) is 5.72. The van der Waals surface area contributed by atoms with Crippen LogP contribution in [0.1, 0.15) is 41.0 Å². The predicted octanol–water partition coefficient (Wildman–Crippen LogP) is 2.48. The van der Waals surface area contributed by atoms with Crippen molar-refractivity contribution in [2.75, 3.05) is 13.1 Å². The molecule has 1 unspecified atom stereocenters. The Hall–Kier alpha value is -1.61. The lowest BCUT2D eigenvalue weighted by Crippen LogP contribution is -2.21. The van der Waals surface area contributed by atoms with Crippen LogP contribution in [0, 0.1) is 0 Å². The third kappa shape index (κ3) is 1.45. The maximum atomic E-state index is 12.2. The molecule has 0 aliphatic carbocycles. The molecule has 2 aliphatic heterocycles. The van der Waals surface area contributed by atoms with Crippen LogP contribution in [0.15, 0.2) is 18.2 Å². The van der Waals surface area contributed by atoms with Crippen LogP contribution < -0.4 is 5.32 Å². The summed E-state index contributed by atoms with van der Waals surface area (Å²) >= 11 is 0. The SMILES string of the molecule is CC1CC(=O)c2cccc3c4c(n1c23)CCNCC4. The fourth-order valence-corrected chi connectivity index (χ4v) is 3.76. The topological polar surface area (TPSA) is 34.0 Å². The molecule has 0 radical (unpaired) electrons. The summed E-state index contributed by atoms with van der Waals surface area (Å²) in [5.41, 5.74) is 5.03. The van der Waals surface area contributed by atoms with E-state index in [-0.39, 0.29) is 0 Å². The Morgan fingerprint density at radius 1 is 1.26 bits per heavy atom. The Bertz CT molecular complexity index is 684. The number of fused-ring (bicyclic) bond motifs is 3. The number of benzene rings is 1. The first kappa shape index (κ1) is 11.2. The fraction of sp³-hybridized carbons (Fsp3) is 0.438. The molecule has 3 heteroatoms. The lowest BCUT2D eigenvalue weighted by molar-refractivity contribution is 0.0960. The van der Waals surface area contributed by atoms with Gasteiger partial charge in [-0.25, -0.2) is 0 Å². The van der Waals surface area contributed by atoms with Crippen molar-refractivity contribution in [2.45, 2.75) is 32.2 Å². The van der Waals surface area contributed by atoms with Gasteiger partial charge in [-0.05, 0) is 31.5 Å². The number of nitrogens with zero attached hydrogens (tertiary/aromatic N) is 1. The minimum Gasteiger partial charge on any atom is -0.340 e. The molecular weight excluding hydrogens is 236 g/mol. The molecule has 98 valence electrons. The number of para-hydroxylation sites is 1. The highest BCUT2D eigenvalue weighted by atomic mass is 16.1. The first-order chi connectivity index (χ1) is 9.27. The average molecular weight is 254 g/mol. The van der Waals surface area contributed by atoms with Crippen LogP contribution in [0.3, 0.4) is 0 Å². The highest BCUT2D eigenvalue weighted by Gasteiger charge is 2.29. The number of aromatic nitrogens is 1. The first-order valence-corrected chi connectivity index (χ1v) is 7.16. The van der Waals surface area contributed by atoms with E-state index < -0.39 is 0 Å². The van der Waals surface area contributed by atoms with Crippen LogP contribution in [0.5, 0.6) is 0 Å². The molecule has 1 N–H and O–H groups in total. The van der Waals surface area contributed by atoms with Gasteiger partial charge >= 0.3 is 0 Å². The summed E-state index contributed by atoms with van der Waals surface area (Å²) in [6.45, 7) is 4.25. The monoisotopic (exact) mass is 254 g/mol. The number of rotatable bonds is 0. The van der Waals surface area contributed by atoms with Gasteiger partial charge in [0.15, 0.2) is 5.78 Å². The summed E-state index contributed by atoms with van der Waals surface area (Å²) < 4.78 is 2.44. The molecule has 19 heavy (non-hydrogen) atoms. The summed E-state index contributed by atoms with van der Waals surface area (Å²) in [5, 5.41) is 4.77. The van der Waals surface area contributed by atoms with Crippen molar-refractivity contribution in [3.8, 4) is 0 Å². The standard InChI is InChI=1S/C16H18N2O/c1-10-9-15(19)13-4-2-3-12-11-5-7-17-8-6-14(11)18(10)16(12)13/h2-4,10,17H,5-9H2,1H3. The molecule has 0 spiro atoms. The maximum Gasteiger partial charge on any atom is 0.167 e. The van der Waals surface area contributed by atoms with Crippen LogP contribution in [0.4, 0.5) is 0 Å². The van der Waals surface area contributed by atoms with Crippen LogP contribution in [-0.2, 0) is 12.8 Å². The zero-order valence-electron chi connectivity index (χ0n) is 11.2. The first-order valence-electron chi connectivity index (χ1n) is 7.16. The van der Waals surface area contributed by atoms with E-state index in [9.17, 15) is 4.79 Å². The predicted molar refractivity (Wildman–Crippen MR) is 75.9 cm³/mol. The molecule has 2 aromatic rings. The lowest BCUT2D eigenvalue weighted by Gasteiger charge is -2.24. The third-order valence-corrected chi connectivity index (χ3v) is 4.55. The molecule has 3 heterocycles. The Kier molecular flexibility index (Phi) is 2.33. The van der Waals surface area contributed by atoms with Crippen molar-refractivity contribution in [1.82, 2.24) is 9.88 Å². The third-order valence-electron chi connectivity index (χ3n) is 4.55. The number of Topliss-reactive ketones (excluding diaryl/α,β-unsaturated/α-hetero) is 1. The molecule has 0 bridgehead atoms. The molecule has 1 aromatic heterocycles. The smallest absolute Gasteiger partial charge is 0.167 e. The number of carbonyl (C=O) groups excluding carboxylic acids is 1. The van der Waals surface area contributed by atoms with Crippen molar-refractivity contribution in [3.05, 3.63) is 35.0 Å². The van der Waals surface area contributed by atoms with Gasteiger partial charge in [0.05, 0.1) is 5.52 Å². The van der Waals surface area contributed by atoms with Gasteiger partial charge in [0.2, 0.25) is 0 Å². The summed E-state index contributed by atoms with van der Waals surface area (Å²) in [6.07, 6.45) is 2.78. The van der Waals surface area contributed by atoms with Crippen LogP contribution >= 0.6 is 0 Å². The summed E-state index contributed by atoms with van der Waals surface area (Å²) in [7, 11) is 0. The molecule has 3 nitrogen and oxygen atoms in total. The van der Waals surface area contributed by atoms with Crippen molar-refractivity contribution in [1.29, 1.82) is 0 Å². The number of carbonyl (C=O) groups is 1. The van der Waals surface area contributed by atoms with E-state index in [0.29, 0.717) is 18.2 Å². The van der Waals surface area contributed by atoms with Crippen LogP contribution in [-0.4, -0.2) is 23.4 Å². The largest absolute Gasteiger partial charge is 0.340 e. The molecule has 1 atom stereocenters. The zero-order valence-corrected chi connectivity index (χ0v) is 11.2. The molecule has 0 fully saturated rings. The van der Waals surface area contributed by atoms with Gasteiger partial charge in [0.25, 0.3) is 0 Å². The maximum absolute atomic E-state index is 12.2. The second kappa shape index (κ2) is 3.94. The normalized spacial score (nSPS) is 22.4. The Labute approximate surface area is 112 Å². The van der Waals surface area contributed by atoms with E-state index in [1.54, 1.807) is 0 Å². The van der Waals surface area contributed by atoms with E-state index in [2.05, 4.69) is 22.9 Å². The lowest BCUT2D eigenvalue weighted by atomic mass is 9.97. The molecule has 0 amide bonds. The Balaban J connectivity index is 2.13. The minimum atomic E-state index is 0.298. The second-order valence-electron chi connectivity index (χ2n) is 5.72. The van der Waals surface area contributed by atoms with Gasteiger partial charge in [-0.1, -0.05) is 12.1 Å². The Morgan fingerprint density at radius 2 is 2.11 bits per heavy atom. The van der Waals surface area contributed by atoms with Crippen molar-refractivity contribution in [3.63, 3.8) is 0 Å². The van der Waals surface area contributed by atoms with Crippen LogP contribution in [0.2, 0.25) is 0 Å². The summed E-state index contributed by atoms with van der Waals surface area (Å²) in [5.74, 6) is 0.302. The zero-order chi connectivity index (χ0) is 13.0. The van der Waals surface area contributed by atoms with E-state index >= 15 is 0 Å². The fourth-order valence-electron chi connectivity index (χ4n) is 3.76. The number of nitrogens with one attached hydrogen (secondary N) is 1. The molecule has 2 aliphatic rings. The molecule has 0 saturated heterocycles. The van der Waals surface area contributed by atoms with E-state index in [0.717, 1.165) is 31.5 Å². The Morgan fingerprint density at radius 3 is 3.00 bits per heavy atom. The van der Waals surface area contributed by atoms with Gasteiger partial charge in [0, 0.05) is 42.1 Å². The van der Waals surface area contributed by atoms with Gasteiger partial charge in [0.1, 0.15) is 0 Å². The van der Waals surface area contributed by atoms with Gasteiger partial charge in [-0.15, -0.1) is 0 Å². The van der Waals surface area contributed by atoms with Crippen LogP contribution in [0.25, 0.3) is 10.9 Å².